The number of Topliss-reactive ketones (excluding diaryl/α,β-unsaturated/α-hetero) is 1. The maximum absolute atomic E-state index is 17.3. The van der Waals surface area contributed by atoms with Crippen LogP contribution in [-0.4, -0.2) is 64.7 Å². The Morgan fingerprint density at radius 1 is 1.19 bits per heavy atom. The molecule has 9 atom stereocenters. The van der Waals surface area contributed by atoms with Crippen molar-refractivity contribution < 1.29 is 42.5 Å². The Labute approximate surface area is 209 Å². The number of aliphatic hydroxyl groups is 1. The van der Waals surface area contributed by atoms with E-state index in [-0.39, 0.29) is 31.3 Å². The molecule has 5 aliphatic rings. The normalized spacial score (nSPS) is 48.4. The summed E-state index contributed by atoms with van der Waals surface area (Å²) in [4.78, 5) is 37.6. The summed E-state index contributed by atoms with van der Waals surface area (Å²) in [6.07, 6.45) is -0.236. The van der Waals surface area contributed by atoms with Crippen LogP contribution >= 0.6 is 0 Å². The molecule has 1 N–H and O–H groups in total. The fourth-order valence-corrected chi connectivity index (χ4v) is 8.16. The van der Waals surface area contributed by atoms with Gasteiger partial charge < -0.3 is 19.3 Å². The molecule has 0 unspecified atom stereocenters. The topological polar surface area (TPSA) is 99.1 Å². The van der Waals surface area contributed by atoms with E-state index < -0.39 is 82.2 Å². The molecular weight excluding hydrogens is 474 g/mol. The zero-order chi connectivity index (χ0) is 26.5. The number of hydrogen-bond donors (Lipinski definition) is 1. The summed E-state index contributed by atoms with van der Waals surface area (Å²) >= 11 is 0. The van der Waals surface area contributed by atoms with E-state index in [1.807, 2.05) is 0 Å². The number of alkyl halides is 2. The van der Waals surface area contributed by atoms with Crippen LogP contribution in [0.25, 0.3) is 0 Å². The first-order chi connectivity index (χ1) is 16.7. The molecule has 0 amide bonds. The van der Waals surface area contributed by atoms with Crippen LogP contribution in [0.15, 0.2) is 23.8 Å². The lowest BCUT2D eigenvalue weighted by Crippen LogP contribution is -2.71. The van der Waals surface area contributed by atoms with Gasteiger partial charge in [0.2, 0.25) is 5.78 Å². The lowest BCUT2D eigenvalue weighted by molar-refractivity contribution is -0.249. The largest absolute Gasteiger partial charge is 0.458 e. The Hall–Kier alpha value is -1.97. The number of halogens is 2. The molecule has 1 saturated heterocycles. The van der Waals surface area contributed by atoms with Crippen LogP contribution in [-0.2, 0) is 28.6 Å². The van der Waals surface area contributed by atoms with Crippen molar-refractivity contribution in [1.29, 1.82) is 0 Å². The zero-order valence-corrected chi connectivity index (χ0v) is 21.3. The number of allylic oxidation sites excluding steroid dienone is 4. The highest BCUT2D eigenvalue weighted by Crippen LogP contribution is 2.72. The molecule has 1 aliphatic heterocycles. The number of aliphatic hydroxyl groups excluding tert-OH is 1. The molecule has 7 nitrogen and oxygen atoms in total. The Kier molecular flexibility index (Phi) is 5.54. The van der Waals surface area contributed by atoms with Crippen molar-refractivity contribution >= 4 is 17.5 Å². The second kappa shape index (κ2) is 7.77. The summed E-state index contributed by atoms with van der Waals surface area (Å²) in [5, 5.41) is 11.5. The summed E-state index contributed by atoms with van der Waals surface area (Å²) in [6.45, 7) is 7.73. The smallest absolute Gasteiger partial charge is 0.305 e. The standard InChI is InChI=1S/C27H34F2O7/c1-6-22(33)34-13-20(32)27-21(35-23(2,3)36-27)11-15-16-10-18(28)17-9-14(30)7-8-24(17,4)26(16,29)19(31)12-25(15,27)5/h7-9,15-16,18-19,21,31H,6,10-13H2,1-5H3/t15-,16+,18+,19-,21-,24+,25-,26+,27-/m1/s1. The van der Waals surface area contributed by atoms with Gasteiger partial charge in [-0.1, -0.05) is 19.9 Å². The number of esters is 1. The number of carbonyl (C=O) groups excluding carboxylic acids is 3. The van der Waals surface area contributed by atoms with E-state index in [4.69, 9.17) is 14.2 Å². The summed E-state index contributed by atoms with van der Waals surface area (Å²) in [5.41, 5.74) is -6.46. The van der Waals surface area contributed by atoms with E-state index in [9.17, 15) is 19.5 Å². The number of rotatable bonds is 4. The van der Waals surface area contributed by atoms with E-state index in [1.54, 1.807) is 27.7 Å². The van der Waals surface area contributed by atoms with Gasteiger partial charge in [0.25, 0.3) is 0 Å². The van der Waals surface area contributed by atoms with E-state index in [0.717, 1.165) is 6.08 Å². The van der Waals surface area contributed by atoms with Crippen molar-refractivity contribution in [1.82, 2.24) is 0 Å². The molecule has 198 valence electrons. The van der Waals surface area contributed by atoms with Crippen LogP contribution in [0.2, 0.25) is 0 Å². The van der Waals surface area contributed by atoms with E-state index in [1.165, 1.54) is 19.1 Å². The maximum Gasteiger partial charge on any atom is 0.305 e. The third-order valence-corrected chi connectivity index (χ3v) is 9.69. The molecule has 0 aromatic heterocycles. The molecule has 9 heteroatoms. The van der Waals surface area contributed by atoms with Crippen LogP contribution in [0.3, 0.4) is 0 Å². The molecule has 1 heterocycles. The number of hydrogen-bond acceptors (Lipinski definition) is 7. The van der Waals surface area contributed by atoms with Crippen LogP contribution in [0, 0.1) is 22.7 Å². The molecule has 5 rings (SSSR count). The van der Waals surface area contributed by atoms with Crippen LogP contribution in [0.1, 0.15) is 60.3 Å². The highest BCUT2D eigenvalue weighted by atomic mass is 19.1. The first-order valence-electron chi connectivity index (χ1n) is 12.7. The van der Waals surface area contributed by atoms with Crippen molar-refractivity contribution in [2.45, 2.75) is 95.7 Å². The third-order valence-electron chi connectivity index (χ3n) is 9.69. The average molecular weight is 509 g/mol. The van der Waals surface area contributed by atoms with E-state index >= 15 is 8.78 Å². The van der Waals surface area contributed by atoms with Crippen LogP contribution < -0.4 is 0 Å². The summed E-state index contributed by atoms with van der Waals surface area (Å²) < 4.78 is 50.6. The van der Waals surface area contributed by atoms with Gasteiger partial charge in [0.05, 0.1) is 12.2 Å². The predicted molar refractivity (Wildman–Crippen MR) is 123 cm³/mol. The predicted octanol–water partition coefficient (Wildman–Crippen LogP) is 3.33. The average Bonchev–Trinajstić information content (AvgIpc) is 3.21. The molecule has 0 spiro atoms. The van der Waals surface area contributed by atoms with Gasteiger partial charge in [-0.15, -0.1) is 0 Å². The van der Waals surface area contributed by atoms with Gasteiger partial charge in [-0.05, 0) is 63.7 Å². The monoisotopic (exact) mass is 508 g/mol. The first kappa shape index (κ1) is 25.7. The van der Waals surface area contributed by atoms with Gasteiger partial charge in [-0.3, -0.25) is 14.4 Å². The minimum absolute atomic E-state index is 0.0421. The second-order valence-corrected chi connectivity index (χ2v) is 11.9. The third kappa shape index (κ3) is 3.02. The molecule has 36 heavy (non-hydrogen) atoms. The molecule has 4 aliphatic carbocycles. The van der Waals surface area contributed by atoms with Crippen molar-refractivity contribution in [2.24, 2.45) is 22.7 Å². The highest BCUT2D eigenvalue weighted by molar-refractivity contribution is 6.01. The zero-order valence-electron chi connectivity index (χ0n) is 21.3. The van der Waals surface area contributed by atoms with Crippen LogP contribution in [0.5, 0.6) is 0 Å². The molecule has 0 aromatic carbocycles. The molecule has 4 fully saturated rings. The molecular formula is C27H34F2O7. The van der Waals surface area contributed by atoms with Crippen molar-refractivity contribution in [2.75, 3.05) is 6.61 Å². The van der Waals surface area contributed by atoms with Crippen molar-refractivity contribution in [3.8, 4) is 0 Å². The van der Waals surface area contributed by atoms with E-state index in [0.29, 0.717) is 0 Å². The quantitative estimate of drug-likeness (QED) is 0.582. The van der Waals surface area contributed by atoms with E-state index in [2.05, 4.69) is 0 Å². The van der Waals surface area contributed by atoms with Crippen molar-refractivity contribution in [3.63, 3.8) is 0 Å². The summed E-state index contributed by atoms with van der Waals surface area (Å²) in [6, 6.07) is 0. The van der Waals surface area contributed by atoms with Crippen molar-refractivity contribution in [3.05, 3.63) is 23.8 Å². The maximum atomic E-state index is 17.3. The molecule has 0 bridgehead atoms. The fraction of sp³-hybridized carbons (Fsp3) is 0.741. The summed E-state index contributed by atoms with van der Waals surface area (Å²) in [5.74, 6) is -4.13. The molecule has 0 aromatic rings. The SMILES string of the molecule is CCC(=O)OCC(=O)[C@@]12OC(C)(C)O[C@@H]1C[C@@H]1[C@@H]3C[C@H](F)C4=CC(=O)C=C[C@]4(C)[C@@]3(F)[C@H](O)C[C@]12C. The lowest BCUT2D eigenvalue weighted by atomic mass is 9.44. The van der Waals surface area contributed by atoms with Gasteiger partial charge in [0.15, 0.2) is 29.4 Å². The second-order valence-electron chi connectivity index (χ2n) is 11.9. The number of ketones is 2. The Bertz CT molecular complexity index is 1080. The minimum Gasteiger partial charge on any atom is -0.458 e. The minimum atomic E-state index is -2.27. The molecule has 0 radical (unpaired) electrons. The number of carbonyl (C=O) groups is 3. The fourth-order valence-electron chi connectivity index (χ4n) is 8.16. The molecule has 3 saturated carbocycles. The number of ether oxygens (including phenoxy) is 3. The Morgan fingerprint density at radius 3 is 2.56 bits per heavy atom. The summed E-state index contributed by atoms with van der Waals surface area (Å²) in [7, 11) is 0. The Morgan fingerprint density at radius 2 is 1.89 bits per heavy atom. The van der Waals surface area contributed by atoms with Gasteiger partial charge in [0.1, 0.15) is 6.17 Å². The van der Waals surface area contributed by atoms with Gasteiger partial charge in [0, 0.05) is 23.2 Å². The first-order valence-corrected chi connectivity index (χ1v) is 12.7. The lowest BCUT2D eigenvalue weighted by Gasteiger charge is -2.63. The van der Waals surface area contributed by atoms with Gasteiger partial charge in [-0.25, -0.2) is 8.78 Å². The Balaban J connectivity index is 1.60. The van der Waals surface area contributed by atoms with Crippen LogP contribution in [0.4, 0.5) is 8.78 Å². The van der Waals surface area contributed by atoms with Gasteiger partial charge >= 0.3 is 5.97 Å². The van der Waals surface area contributed by atoms with Gasteiger partial charge in [-0.2, -0.15) is 0 Å². The number of fused-ring (bicyclic) bond motifs is 7. The highest BCUT2D eigenvalue weighted by Gasteiger charge is 2.80.